The van der Waals surface area contributed by atoms with Crippen LogP contribution >= 0.6 is 0 Å². The predicted molar refractivity (Wildman–Crippen MR) is 80.2 cm³/mol. The summed E-state index contributed by atoms with van der Waals surface area (Å²) in [6.07, 6.45) is 1.00. The van der Waals surface area contributed by atoms with Crippen molar-refractivity contribution in [2.24, 2.45) is 0 Å². The second-order valence-electron chi connectivity index (χ2n) is 5.13. The van der Waals surface area contributed by atoms with Gasteiger partial charge < -0.3 is 10.6 Å². The summed E-state index contributed by atoms with van der Waals surface area (Å²) < 4.78 is 0. The number of nitro groups is 1. The number of rotatable bonds is 7. The van der Waals surface area contributed by atoms with Crippen molar-refractivity contribution in [3.05, 3.63) is 34.4 Å². The highest BCUT2D eigenvalue weighted by Gasteiger charge is 2.25. The first-order valence-electron chi connectivity index (χ1n) is 7.09. The highest BCUT2D eigenvalue weighted by Crippen LogP contribution is 2.15. The van der Waals surface area contributed by atoms with E-state index in [0.29, 0.717) is 18.3 Å². The number of hydrogen-bond donors (Lipinski definition) is 2. The maximum absolute atomic E-state index is 12.1. The molecule has 1 aliphatic heterocycles. The van der Waals surface area contributed by atoms with Crippen LogP contribution in [-0.4, -0.2) is 48.0 Å². The molecule has 1 aliphatic rings. The lowest BCUT2D eigenvalue weighted by Gasteiger charge is -2.37. The van der Waals surface area contributed by atoms with Gasteiger partial charge in [0.1, 0.15) is 0 Å². The van der Waals surface area contributed by atoms with Gasteiger partial charge in [-0.05, 0) is 25.1 Å². The van der Waals surface area contributed by atoms with E-state index in [4.69, 9.17) is 0 Å². The molecule has 2 rings (SSSR count). The van der Waals surface area contributed by atoms with Crippen LogP contribution in [0, 0.1) is 10.1 Å². The van der Waals surface area contributed by atoms with Gasteiger partial charge in [-0.2, -0.15) is 0 Å². The molecule has 0 spiro atoms. The molecule has 1 aromatic rings. The fourth-order valence-electron chi connectivity index (χ4n) is 2.26. The number of nitrogens with zero attached hydrogens (tertiary/aromatic N) is 2. The molecule has 0 atom stereocenters. The van der Waals surface area contributed by atoms with Crippen molar-refractivity contribution in [1.82, 2.24) is 10.2 Å². The van der Waals surface area contributed by atoms with E-state index in [-0.39, 0.29) is 11.6 Å². The minimum Gasteiger partial charge on any atom is -0.325 e. The van der Waals surface area contributed by atoms with Gasteiger partial charge in [-0.3, -0.25) is 19.8 Å². The second kappa shape index (κ2) is 7.14. The van der Waals surface area contributed by atoms with Crippen LogP contribution in [0.5, 0.6) is 0 Å². The van der Waals surface area contributed by atoms with Gasteiger partial charge in [0.2, 0.25) is 5.91 Å². The van der Waals surface area contributed by atoms with E-state index >= 15 is 0 Å². The van der Waals surface area contributed by atoms with Crippen LogP contribution in [0.15, 0.2) is 24.3 Å². The summed E-state index contributed by atoms with van der Waals surface area (Å²) in [6.45, 7) is 5.17. The first kappa shape index (κ1) is 15.4. The van der Waals surface area contributed by atoms with Gasteiger partial charge in [0, 0.05) is 37.0 Å². The van der Waals surface area contributed by atoms with E-state index in [1.54, 1.807) is 12.1 Å². The number of hydrogen-bond acceptors (Lipinski definition) is 5. The standard InChI is InChI=1S/C14H20N4O3/c1-2-7-17(13-8-15-9-13)10-14(19)16-11-3-5-12(6-4-11)18(20)21/h3-6,13,15H,2,7-10H2,1H3,(H,16,19). The number of nitro benzene ring substituents is 1. The zero-order valence-corrected chi connectivity index (χ0v) is 12.0. The molecular weight excluding hydrogens is 272 g/mol. The Labute approximate surface area is 123 Å². The lowest BCUT2D eigenvalue weighted by molar-refractivity contribution is -0.384. The lowest BCUT2D eigenvalue weighted by Crippen LogP contribution is -2.58. The van der Waals surface area contributed by atoms with Gasteiger partial charge >= 0.3 is 0 Å². The second-order valence-corrected chi connectivity index (χ2v) is 5.13. The van der Waals surface area contributed by atoms with Gasteiger partial charge in [-0.15, -0.1) is 0 Å². The molecule has 1 fully saturated rings. The van der Waals surface area contributed by atoms with E-state index in [2.05, 4.69) is 22.5 Å². The monoisotopic (exact) mass is 292 g/mol. The molecule has 1 amide bonds. The molecule has 0 aromatic heterocycles. The third-order valence-corrected chi connectivity index (χ3v) is 3.50. The fourth-order valence-corrected chi connectivity index (χ4v) is 2.26. The van der Waals surface area contributed by atoms with E-state index in [1.165, 1.54) is 12.1 Å². The summed E-state index contributed by atoms with van der Waals surface area (Å²) >= 11 is 0. The van der Waals surface area contributed by atoms with Crippen LogP contribution in [0.3, 0.4) is 0 Å². The molecule has 0 unspecified atom stereocenters. The zero-order chi connectivity index (χ0) is 15.2. The summed E-state index contributed by atoms with van der Waals surface area (Å²) in [7, 11) is 0. The minimum absolute atomic E-state index is 0.0150. The summed E-state index contributed by atoms with van der Waals surface area (Å²) in [5.41, 5.74) is 0.593. The predicted octanol–water partition coefficient (Wildman–Crippen LogP) is 1.22. The van der Waals surface area contributed by atoms with Crippen molar-refractivity contribution < 1.29 is 9.72 Å². The van der Waals surface area contributed by atoms with Crippen LogP contribution in [-0.2, 0) is 4.79 Å². The van der Waals surface area contributed by atoms with Crippen LogP contribution in [0.1, 0.15) is 13.3 Å². The SMILES string of the molecule is CCCN(CC(=O)Nc1ccc([N+](=O)[O-])cc1)C1CNC1. The van der Waals surface area contributed by atoms with Crippen molar-refractivity contribution in [3.63, 3.8) is 0 Å². The van der Waals surface area contributed by atoms with Crippen molar-refractivity contribution in [3.8, 4) is 0 Å². The number of nitrogens with one attached hydrogen (secondary N) is 2. The number of carbonyl (C=O) groups excluding carboxylic acids is 1. The molecule has 1 aromatic carbocycles. The van der Waals surface area contributed by atoms with Crippen LogP contribution in [0.25, 0.3) is 0 Å². The topological polar surface area (TPSA) is 87.5 Å². The fraction of sp³-hybridized carbons (Fsp3) is 0.500. The highest BCUT2D eigenvalue weighted by atomic mass is 16.6. The summed E-state index contributed by atoms with van der Waals surface area (Å²) in [5, 5.41) is 16.6. The first-order chi connectivity index (χ1) is 10.1. The molecule has 21 heavy (non-hydrogen) atoms. The van der Waals surface area contributed by atoms with Crippen molar-refractivity contribution in [2.45, 2.75) is 19.4 Å². The Morgan fingerprint density at radius 2 is 2.10 bits per heavy atom. The Kier molecular flexibility index (Phi) is 5.24. The van der Waals surface area contributed by atoms with Gasteiger partial charge in [0.15, 0.2) is 0 Å². The van der Waals surface area contributed by atoms with Crippen LogP contribution in [0.2, 0.25) is 0 Å². The molecule has 2 N–H and O–H groups in total. The van der Waals surface area contributed by atoms with Crippen LogP contribution < -0.4 is 10.6 Å². The average molecular weight is 292 g/mol. The third-order valence-electron chi connectivity index (χ3n) is 3.50. The Hall–Kier alpha value is -1.99. The Balaban J connectivity index is 1.89. The highest BCUT2D eigenvalue weighted by molar-refractivity contribution is 5.92. The van der Waals surface area contributed by atoms with Gasteiger partial charge in [0.05, 0.1) is 11.5 Å². The summed E-state index contributed by atoms with van der Waals surface area (Å²) in [6, 6.07) is 6.29. The van der Waals surface area contributed by atoms with Crippen molar-refractivity contribution >= 4 is 17.3 Å². The maximum atomic E-state index is 12.1. The maximum Gasteiger partial charge on any atom is 0.269 e. The Morgan fingerprint density at radius 3 is 2.57 bits per heavy atom. The van der Waals surface area contributed by atoms with E-state index in [1.807, 2.05) is 0 Å². The Morgan fingerprint density at radius 1 is 1.43 bits per heavy atom. The Bertz CT molecular complexity index is 499. The molecule has 0 saturated carbocycles. The molecule has 0 bridgehead atoms. The van der Waals surface area contributed by atoms with Crippen molar-refractivity contribution in [2.75, 3.05) is 31.5 Å². The third kappa shape index (κ3) is 4.24. The molecule has 7 nitrogen and oxygen atoms in total. The number of anilines is 1. The smallest absolute Gasteiger partial charge is 0.269 e. The van der Waals surface area contributed by atoms with E-state index in [9.17, 15) is 14.9 Å². The number of non-ortho nitro benzene ring substituents is 1. The summed E-state index contributed by atoms with van der Waals surface area (Å²) in [5.74, 6) is -0.0933. The molecule has 0 aliphatic carbocycles. The largest absolute Gasteiger partial charge is 0.325 e. The summed E-state index contributed by atoms with van der Waals surface area (Å²) in [4.78, 5) is 24.3. The molecular formula is C14H20N4O3. The van der Waals surface area contributed by atoms with Crippen LogP contribution in [0.4, 0.5) is 11.4 Å². The quantitative estimate of drug-likeness (QED) is 0.583. The molecule has 1 saturated heterocycles. The molecule has 7 heteroatoms. The minimum atomic E-state index is -0.460. The number of carbonyl (C=O) groups is 1. The molecule has 0 radical (unpaired) electrons. The lowest BCUT2D eigenvalue weighted by atomic mass is 10.1. The average Bonchev–Trinajstić information content (AvgIpc) is 2.37. The van der Waals surface area contributed by atoms with Gasteiger partial charge in [-0.1, -0.05) is 6.92 Å². The van der Waals surface area contributed by atoms with Gasteiger partial charge in [-0.25, -0.2) is 0 Å². The molecule has 1 heterocycles. The first-order valence-corrected chi connectivity index (χ1v) is 7.09. The zero-order valence-electron chi connectivity index (χ0n) is 12.0. The van der Waals surface area contributed by atoms with Crippen molar-refractivity contribution in [1.29, 1.82) is 0 Å². The van der Waals surface area contributed by atoms with E-state index < -0.39 is 4.92 Å². The van der Waals surface area contributed by atoms with Gasteiger partial charge in [0.25, 0.3) is 5.69 Å². The molecule has 114 valence electrons. The van der Waals surface area contributed by atoms with E-state index in [0.717, 1.165) is 26.1 Å². The number of benzene rings is 1. The normalized spacial score (nSPS) is 14.8. The number of amides is 1.